The zero-order valence-corrected chi connectivity index (χ0v) is 9.15. The Morgan fingerprint density at radius 1 is 1.46 bits per heavy atom. The highest BCUT2D eigenvalue weighted by Gasteiger charge is 2.05. The molecule has 0 heterocycles. The minimum Gasteiger partial charge on any atom is -0.317 e. The Hall–Kier alpha value is -0.530. The van der Waals surface area contributed by atoms with Gasteiger partial charge in [0.15, 0.2) is 0 Å². The van der Waals surface area contributed by atoms with Crippen molar-refractivity contribution in [2.24, 2.45) is 0 Å². The molecular formula is C11H16ClN. The molecule has 1 nitrogen and oxygen atoms in total. The first-order valence-corrected chi connectivity index (χ1v) is 4.94. The smallest absolute Gasteiger partial charge is 0.0467 e. The van der Waals surface area contributed by atoms with E-state index >= 15 is 0 Å². The minimum absolute atomic E-state index is 0.472. The molecule has 0 aliphatic heterocycles. The van der Waals surface area contributed by atoms with E-state index in [1.54, 1.807) is 0 Å². The molecule has 1 atom stereocenters. The maximum atomic E-state index is 6.17. The molecule has 0 aromatic heterocycles. The summed E-state index contributed by atoms with van der Waals surface area (Å²) in [7, 11) is 1.97. The van der Waals surface area contributed by atoms with Crippen molar-refractivity contribution in [2.45, 2.75) is 26.3 Å². The maximum Gasteiger partial charge on any atom is 0.0467 e. The van der Waals surface area contributed by atoms with Crippen LogP contribution in [-0.4, -0.2) is 13.1 Å². The van der Waals surface area contributed by atoms with Gasteiger partial charge in [-0.05, 0) is 38.4 Å². The molecule has 0 bridgehead atoms. The lowest BCUT2D eigenvalue weighted by Crippen LogP contribution is -2.23. The van der Waals surface area contributed by atoms with Crippen molar-refractivity contribution < 1.29 is 0 Å². The zero-order valence-electron chi connectivity index (χ0n) is 8.39. The van der Waals surface area contributed by atoms with Crippen LogP contribution in [0.15, 0.2) is 18.2 Å². The third kappa shape index (κ3) is 2.71. The summed E-state index contributed by atoms with van der Waals surface area (Å²) in [6.07, 6.45) is 0.983. The quantitative estimate of drug-likeness (QED) is 0.786. The highest BCUT2D eigenvalue weighted by Crippen LogP contribution is 2.21. The Morgan fingerprint density at radius 2 is 2.15 bits per heavy atom. The predicted molar refractivity (Wildman–Crippen MR) is 58.4 cm³/mol. The van der Waals surface area contributed by atoms with E-state index in [4.69, 9.17) is 11.6 Å². The summed E-state index contributed by atoms with van der Waals surface area (Å²) in [5.41, 5.74) is 2.38. The average molecular weight is 198 g/mol. The van der Waals surface area contributed by atoms with Crippen molar-refractivity contribution in [1.29, 1.82) is 0 Å². The standard InChI is InChI=1S/C11H16ClN/c1-8-5-4-6-10(11(8)12)7-9(2)13-3/h4-6,9,13H,7H2,1-3H3. The number of nitrogens with one attached hydrogen (secondary N) is 1. The fourth-order valence-corrected chi connectivity index (χ4v) is 1.50. The molecule has 72 valence electrons. The van der Waals surface area contributed by atoms with E-state index in [9.17, 15) is 0 Å². The lowest BCUT2D eigenvalue weighted by atomic mass is 10.0. The van der Waals surface area contributed by atoms with E-state index < -0.39 is 0 Å². The molecule has 1 aromatic carbocycles. The van der Waals surface area contributed by atoms with Gasteiger partial charge in [-0.25, -0.2) is 0 Å². The molecular weight excluding hydrogens is 182 g/mol. The molecule has 1 unspecified atom stereocenters. The van der Waals surface area contributed by atoms with Crippen molar-refractivity contribution in [2.75, 3.05) is 7.05 Å². The van der Waals surface area contributed by atoms with E-state index in [1.807, 2.05) is 20.0 Å². The van der Waals surface area contributed by atoms with Crippen LogP contribution in [0.3, 0.4) is 0 Å². The molecule has 0 radical (unpaired) electrons. The van der Waals surface area contributed by atoms with Crippen molar-refractivity contribution in [1.82, 2.24) is 5.32 Å². The van der Waals surface area contributed by atoms with Crippen LogP contribution in [0.1, 0.15) is 18.1 Å². The van der Waals surface area contributed by atoms with E-state index in [0.29, 0.717) is 6.04 Å². The van der Waals surface area contributed by atoms with Crippen molar-refractivity contribution in [3.63, 3.8) is 0 Å². The van der Waals surface area contributed by atoms with Gasteiger partial charge in [-0.1, -0.05) is 29.8 Å². The Labute approximate surface area is 85.1 Å². The first-order chi connectivity index (χ1) is 6.15. The Bertz CT molecular complexity index is 283. The number of likely N-dealkylation sites (N-methyl/N-ethyl adjacent to an activating group) is 1. The topological polar surface area (TPSA) is 12.0 Å². The minimum atomic E-state index is 0.472. The van der Waals surface area contributed by atoms with Crippen LogP contribution < -0.4 is 5.32 Å². The van der Waals surface area contributed by atoms with Crippen LogP contribution in [-0.2, 0) is 6.42 Å². The molecule has 1 aromatic rings. The summed E-state index contributed by atoms with van der Waals surface area (Å²) in [6, 6.07) is 6.65. The highest BCUT2D eigenvalue weighted by molar-refractivity contribution is 6.32. The van der Waals surface area contributed by atoms with Crippen LogP contribution >= 0.6 is 11.6 Å². The molecule has 13 heavy (non-hydrogen) atoms. The number of halogens is 1. The molecule has 0 amide bonds. The summed E-state index contributed by atoms with van der Waals surface area (Å²) in [5.74, 6) is 0. The van der Waals surface area contributed by atoms with Gasteiger partial charge >= 0.3 is 0 Å². The van der Waals surface area contributed by atoms with Gasteiger partial charge in [-0.15, -0.1) is 0 Å². The number of hydrogen-bond acceptors (Lipinski definition) is 1. The second kappa shape index (κ2) is 4.64. The van der Waals surface area contributed by atoms with E-state index in [1.165, 1.54) is 5.56 Å². The van der Waals surface area contributed by atoms with Crippen LogP contribution in [0, 0.1) is 6.92 Å². The number of rotatable bonds is 3. The molecule has 1 rings (SSSR count). The van der Waals surface area contributed by atoms with Gasteiger partial charge in [0.25, 0.3) is 0 Å². The number of hydrogen-bond donors (Lipinski definition) is 1. The Kier molecular flexibility index (Phi) is 3.76. The third-order valence-corrected chi connectivity index (χ3v) is 2.83. The molecule has 0 fully saturated rings. The molecule has 0 aliphatic carbocycles. The predicted octanol–water partition coefficient (Wildman–Crippen LogP) is 2.80. The van der Waals surface area contributed by atoms with E-state index in [-0.39, 0.29) is 0 Å². The second-order valence-electron chi connectivity index (χ2n) is 3.44. The normalized spacial score (nSPS) is 12.9. The van der Waals surface area contributed by atoms with Gasteiger partial charge in [0.2, 0.25) is 0 Å². The Morgan fingerprint density at radius 3 is 2.77 bits per heavy atom. The van der Waals surface area contributed by atoms with Gasteiger partial charge in [0, 0.05) is 11.1 Å². The van der Waals surface area contributed by atoms with Crippen LogP contribution in [0.4, 0.5) is 0 Å². The molecule has 1 N–H and O–H groups in total. The molecule has 0 saturated carbocycles. The number of benzene rings is 1. The van der Waals surface area contributed by atoms with Gasteiger partial charge in [-0.2, -0.15) is 0 Å². The average Bonchev–Trinajstić information content (AvgIpc) is 2.13. The third-order valence-electron chi connectivity index (χ3n) is 2.29. The SMILES string of the molecule is CNC(C)Cc1cccc(C)c1Cl. The van der Waals surface area contributed by atoms with E-state index in [0.717, 1.165) is 17.0 Å². The van der Waals surface area contributed by atoms with Crippen molar-refractivity contribution in [3.05, 3.63) is 34.3 Å². The van der Waals surface area contributed by atoms with Crippen LogP contribution in [0.2, 0.25) is 5.02 Å². The summed E-state index contributed by atoms with van der Waals surface area (Å²) < 4.78 is 0. The van der Waals surface area contributed by atoms with Gasteiger partial charge in [0.05, 0.1) is 0 Å². The molecule has 0 aliphatic rings. The Balaban J connectivity index is 2.83. The molecule has 0 spiro atoms. The summed E-state index contributed by atoms with van der Waals surface area (Å²) in [6.45, 7) is 4.19. The first-order valence-electron chi connectivity index (χ1n) is 4.56. The fraction of sp³-hybridized carbons (Fsp3) is 0.455. The lowest BCUT2D eigenvalue weighted by Gasteiger charge is -2.12. The van der Waals surface area contributed by atoms with Crippen molar-refractivity contribution >= 4 is 11.6 Å². The number of aryl methyl sites for hydroxylation is 1. The summed E-state index contributed by atoms with van der Waals surface area (Å²) in [5, 5.41) is 4.11. The van der Waals surface area contributed by atoms with Gasteiger partial charge < -0.3 is 5.32 Å². The van der Waals surface area contributed by atoms with E-state index in [2.05, 4.69) is 24.4 Å². The lowest BCUT2D eigenvalue weighted by molar-refractivity contribution is 0.608. The van der Waals surface area contributed by atoms with Gasteiger partial charge in [-0.3, -0.25) is 0 Å². The highest BCUT2D eigenvalue weighted by atomic mass is 35.5. The monoisotopic (exact) mass is 197 g/mol. The largest absolute Gasteiger partial charge is 0.317 e. The summed E-state index contributed by atoms with van der Waals surface area (Å²) >= 11 is 6.17. The van der Waals surface area contributed by atoms with Crippen molar-refractivity contribution in [3.8, 4) is 0 Å². The second-order valence-corrected chi connectivity index (χ2v) is 3.82. The first kappa shape index (κ1) is 10.6. The fourth-order valence-electron chi connectivity index (χ4n) is 1.30. The molecule has 0 saturated heterocycles. The molecule has 2 heteroatoms. The van der Waals surface area contributed by atoms with Crippen LogP contribution in [0.25, 0.3) is 0 Å². The van der Waals surface area contributed by atoms with Crippen LogP contribution in [0.5, 0.6) is 0 Å². The summed E-state index contributed by atoms with van der Waals surface area (Å²) in [4.78, 5) is 0. The zero-order chi connectivity index (χ0) is 9.84. The maximum absolute atomic E-state index is 6.17. The van der Waals surface area contributed by atoms with Gasteiger partial charge in [0.1, 0.15) is 0 Å².